The van der Waals surface area contributed by atoms with Gasteiger partial charge in [0.25, 0.3) is 0 Å². The molecule has 0 aliphatic carbocycles. The van der Waals surface area contributed by atoms with Crippen molar-refractivity contribution in [3.63, 3.8) is 0 Å². The van der Waals surface area contributed by atoms with Crippen LogP contribution in [0.5, 0.6) is 0 Å². The fourth-order valence-corrected chi connectivity index (χ4v) is 1.39. The Labute approximate surface area is 101 Å². The number of hydrogen-bond acceptors (Lipinski definition) is 3. The predicted molar refractivity (Wildman–Crippen MR) is 63.7 cm³/mol. The lowest BCUT2D eigenvalue weighted by atomic mass is 9.95. The number of nitrogens with zero attached hydrogens (tertiary/aromatic N) is 1. The minimum absolute atomic E-state index is 0.0609. The number of aliphatic hydroxyl groups is 1. The predicted octanol–water partition coefficient (Wildman–Crippen LogP) is 1.81. The maximum Gasteiger partial charge on any atom is 0.145 e. The molecule has 1 aromatic carbocycles. The summed E-state index contributed by atoms with van der Waals surface area (Å²) in [4.78, 5) is 0. The van der Waals surface area contributed by atoms with Crippen molar-refractivity contribution in [3.05, 3.63) is 35.1 Å². The van der Waals surface area contributed by atoms with Crippen molar-refractivity contribution in [2.24, 2.45) is 5.41 Å². The van der Waals surface area contributed by atoms with Crippen LogP contribution < -0.4 is 5.32 Å². The summed E-state index contributed by atoms with van der Waals surface area (Å²) in [7, 11) is 0. The van der Waals surface area contributed by atoms with E-state index in [0.717, 1.165) is 0 Å². The van der Waals surface area contributed by atoms with E-state index in [1.54, 1.807) is 12.1 Å². The molecular weight excluding hydrogens is 219 g/mol. The van der Waals surface area contributed by atoms with Gasteiger partial charge in [-0.15, -0.1) is 0 Å². The maximum atomic E-state index is 13.7. The van der Waals surface area contributed by atoms with Gasteiger partial charge in [-0.2, -0.15) is 5.26 Å². The molecule has 0 aliphatic heterocycles. The molecule has 92 valence electrons. The zero-order valence-corrected chi connectivity index (χ0v) is 10.1. The van der Waals surface area contributed by atoms with E-state index in [0.29, 0.717) is 18.7 Å². The van der Waals surface area contributed by atoms with Crippen LogP contribution in [0.4, 0.5) is 4.39 Å². The van der Waals surface area contributed by atoms with Crippen LogP contribution in [0.25, 0.3) is 0 Å². The summed E-state index contributed by atoms with van der Waals surface area (Å²) < 4.78 is 13.7. The van der Waals surface area contributed by atoms with Gasteiger partial charge in [0.05, 0.1) is 5.56 Å². The SMILES string of the molecule is CC(C)(CO)CNCc1cccc(C#N)c1F. The van der Waals surface area contributed by atoms with Crippen molar-refractivity contribution in [2.75, 3.05) is 13.2 Å². The molecule has 0 unspecified atom stereocenters. The van der Waals surface area contributed by atoms with E-state index in [4.69, 9.17) is 10.4 Å². The van der Waals surface area contributed by atoms with Crippen LogP contribution in [-0.2, 0) is 6.54 Å². The molecule has 0 fully saturated rings. The monoisotopic (exact) mass is 236 g/mol. The molecule has 0 saturated carbocycles. The normalized spacial score (nSPS) is 11.2. The minimum Gasteiger partial charge on any atom is -0.396 e. The van der Waals surface area contributed by atoms with Gasteiger partial charge in [-0.3, -0.25) is 0 Å². The third-order valence-corrected chi connectivity index (χ3v) is 2.55. The summed E-state index contributed by atoms with van der Waals surface area (Å²) in [6.45, 7) is 4.84. The summed E-state index contributed by atoms with van der Waals surface area (Å²) in [6.07, 6.45) is 0. The lowest BCUT2D eigenvalue weighted by Crippen LogP contribution is -2.32. The summed E-state index contributed by atoms with van der Waals surface area (Å²) >= 11 is 0. The maximum absolute atomic E-state index is 13.7. The molecule has 3 nitrogen and oxygen atoms in total. The standard InChI is InChI=1S/C13H17FN2O/c1-13(2,9-17)8-16-7-11-5-3-4-10(6-15)12(11)14/h3-5,16-17H,7-9H2,1-2H3. The summed E-state index contributed by atoms with van der Waals surface area (Å²) in [6, 6.07) is 6.58. The first-order valence-corrected chi connectivity index (χ1v) is 5.49. The molecular formula is C13H17FN2O. The Balaban J connectivity index is 2.62. The highest BCUT2D eigenvalue weighted by atomic mass is 19.1. The number of hydrogen-bond donors (Lipinski definition) is 2. The van der Waals surface area contributed by atoms with Crippen molar-refractivity contribution in [2.45, 2.75) is 20.4 Å². The van der Waals surface area contributed by atoms with Crippen molar-refractivity contribution < 1.29 is 9.50 Å². The molecule has 0 aromatic heterocycles. The molecule has 0 aliphatic rings. The smallest absolute Gasteiger partial charge is 0.145 e. The van der Waals surface area contributed by atoms with E-state index in [2.05, 4.69) is 5.32 Å². The molecule has 0 radical (unpaired) electrons. The van der Waals surface area contributed by atoms with Gasteiger partial charge in [-0.25, -0.2) is 4.39 Å². The van der Waals surface area contributed by atoms with Gasteiger partial charge in [0.15, 0.2) is 0 Å². The summed E-state index contributed by atoms with van der Waals surface area (Å²) in [5, 5.41) is 20.8. The Kier molecular flexibility index (Phi) is 4.62. The molecule has 0 saturated heterocycles. The summed E-state index contributed by atoms with van der Waals surface area (Å²) in [5.41, 5.74) is 0.298. The Morgan fingerprint density at radius 1 is 1.47 bits per heavy atom. The van der Waals surface area contributed by atoms with Crippen LogP contribution in [0.2, 0.25) is 0 Å². The van der Waals surface area contributed by atoms with Gasteiger partial charge >= 0.3 is 0 Å². The number of rotatable bonds is 5. The Morgan fingerprint density at radius 3 is 2.76 bits per heavy atom. The topological polar surface area (TPSA) is 56.0 Å². The minimum atomic E-state index is -0.468. The molecule has 0 spiro atoms. The molecule has 0 bridgehead atoms. The lowest BCUT2D eigenvalue weighted by molar-refractivity contribution is 0.156. The van der Waals surface area contributed by atoms with Crippen molar-refractivity contribution in [1.82, 2.24) is 5.32 Å². The molecule has 4 heteroatoms. The van der Waals surface area contributed by atoms with Crippen LogP contribution in [0.15, 0.2) is 18.2 Å². The van der Waals surface area contributed by atoms with E-state index in [-0.39, 0.29) is 17.6 Å². The second-order valence-electron chi connectivity index (χ2n) is 4.82. The number of nitriles is 1. The van der Waals surface area contributed by atoms with Crippen LogP contribution in [-0.4, -0.2) is 18.3 Å². The first-order chi connectivity index (χ1) is 8.00. The average molecular weight is 236 g/mol. The fraction of sp³-hybridized carbons (Fsp3) is 0.462. The van der Waals surface area contributed by atoms with Gasteiger partial charge in [-0.05, 0) is 6.07 Å². The lowest BCUT2D eigenvalue weighted by Gasteiger charge is -2.22. The number of benzene rings is 1. The Bertz CT molecular complexity index is 424. The van der Waals surface area contributed by atoms with Crippen LogP contribution in [0, 0.1) is 22.6 Å². The molecule has 0 heterocycles. The van der Waals surface area contributed by atoms with Crippen LogP contribution in [0.3, 0.4) is 0 Å². The highest BCUT2D eigenvalue weighted by molar-refractivity contribution is 5.34. The second-order valence-corrected chi connectivity index (χ2v) is 4.82. The molecule has 1 aromatic rings. The largest absolute Gasteiger partial charge is 0.396 e. The fourth-order valence-electron chi connectivity index (χ4n) is 1.39. The number of halogens is 1. The van der Waals surface area contributed by atoms with Crippen LogP contribution >= 0.6 is 0 Å². The molecule has 0 amide bonds. The molecule has 2 N–H and O–H groups in total. The average Bonchev–Trinajstić information content (AvgIpc) is 2.31. The van der Waals surface area contributed by atoms with E-state index in [1.807, 2.05) is 19.9 Å². The number of aliphatic hydroxyl groups excluding tert-OH is 1. The third kappa shape index (κ3) is 3.81. The molecule has 17 heavy (non-hydrogen) atoms. The number of nitrogens with one attached hydrogen (secondary N) is 1. The van der Waals surface area contributed by atoms with E-state index < -0.39 is 5.82 Å². The summed E-state index contributed by atoms with van der Waals surface area (Å²) in [5.74, 6) is -0.468. The van der Waals surface area contributed by atoms with E-state index >= 15 is 0 Å². The Hall–Kier alpha value is -1.44. The van der Waals surface area contributed by atoms with Gasteiger partial charge in [0, 0.05) is 30.7 Å². The highest BCUT2D eigenvalue weighted by Crippen LogP contribution is 2.14. The highest BCUT2D eigenvalue weighted by Gasteiger charge is 2.16. The zero-order valence-electron chi connectivity index (χ0n) is 10.1. The van der Waals surface area contributed by atoms with Gasteiger partial charge in [0.1, 0.15) is 11.9 Å². The van der Waals surface area contributed by atoms with Gasteiger partial charge in [0.2, 0.25) is 0 Å². The van der Waals surface area contributed by atoms with Crippen molar-refractivity contribution in [3.8, 4) is 6.07 Å². The molecule has 1 rings (SSSR count). The van der Waals surface area contributed by atoms with Crippen LogP contribution in [0.1, 0.15) is 25.0 Å². The van der Waals surface area contributed by atoms with Crippen molar-refractivity contribution in [1.29, 1.82) is 5.26 Å². The first kappa shape index (κ1) is 13.6. The quantitative estimate of drug-likeness (QED) is 0.819. The van der Waals surface area contributed by atoms with Gasteiger partial charge in [-0.1, -0.05) is 26.0 Å². The van der Waals surface area contributed by atoms with E-state index in [9.17, 15) is 4.39 Å². The molecule has 0 atom stereocenters. The van der Waals surface area contributed by atoms with E-state index in [1.165, 1.54) is 6.07 Å². The second kappa shape index (κ2) is 5.76. The van der Waals surface area contributed by atoms with Gasteiger partial charge < -0.3 is 10.4 Å². The first-order valence-electron chi connectivity index (χ1n) is 5.49. The van der Waals surface area contributed by atoms with Crippen molar-refractivity contribution >= 4 is 0 Å². The zero-order chi connectivity index (χ0) is 12.9. The third-order valence-electron chi connectivity index (χ3n) is 2.55. The Morgan fingerprint density at radius 2 is 2.18 bits per heavy atom.